The van der Waals surface area contributed by atoms with Crippen LogP contribution in [0.15, 0.2) is 0 Å². The number of carbonyl (C=O) groups excluding carboxylic acids is 1. The Kier molecular flexibility index (Phi) is 5.05. The molecule has 1 saturated carbocycles. The topological polar surface area (TPSA) is 75.3 Å². The maximum absolute atomic E-state index is 11.8. The van der Waals surface area contributed by atoms with E-state index >= 15 is 0 Å². The summed E-state index contributed by atoms with van der Waals surface area (Å²) in [5, 5.41) is 11.9. The minimum Gasteiger partial charge on any atom is -0.394 e. The van der Waals surface area contributed by atoms with Crippen LogP contribution in [0.2, 0.25) is 0 Å². The average molecular weight is 214 g/mol. The SMILES string of the molecule is CCC(CO)NC(=O)C1CCC(N)CC1. The standard InChI is InChI=1S/C11H22N2O2/c1-2-10(7-14)13-11(15)8-3-5-9(12)6-4-8/h8-10,14H,2-7,12H2,1H3,(H,13,15). The number of hydrogen-bond acceptors (Lipinski definition) is 3. The maximum atomic E-state index is 11.8. The molecule has 4 heteroatoms. The summed E-state index contributed by atoms with van der Waals surface area (Å²) in [6, 6.07) is 0.182. The van der Waals surface area contributed by atoms with Crippen molar-refractivity contribution in [1.29, 1.82) is 0 Å². The number of hydrogen-bond donors (Lipinski definition) is 3. The van der Waals surface area contributed by atoms with E-state index < -0.39 is 0 Å². The Bertz CT molecular complexity index is 197. The van der Waals surface area contributed by atoms with Crippen molar-refractivity contribution in [2.75, 3.05) is 6.61 Å². The van der Waals surface area contributed by atoms with Gasteiger partial charge in [0.25, 0.3) is 0 Å². The molecule has 0 aromatic carbocycles. The van der Waals surface area contributed by atoms with Crippen molar-refractivity contribution >= 4 is 5.91 Å². The molecule has 1 unspecified atom stereocenters. The Labute approximate surface area is 91.2 Å². The van der Waals surface area contributed by atoms with Crippen LogP contribution in [0, 0.1) is 5.92 Å². The second-order valence-corrected chi connectivity index (χ2v) is 4.41. The third-order valence-electron chi connectivity index (χ3n) is 3.20. The predicted octanol–water partition coefficient (Wildman–Crippen LogP) is 0.391. The molecule has 0 bridgehead atoms. The number of amides is 1. The first-order valence-electron chi connectivity index (χ1n) is 5.84. The average Bonchev–Trinajstić information content (AvgIpc) is 2.26. The van der Waals surface area contributed by atoms with Crippen LogP contribution in [0.3, 0.4) is 0 Å². The van der Waals surface area contributed by atoms with Gasteiger partial charge in [-0.25, -0.2) is 0 Å². The van der Waals surface area contributed by atoms with E-state index in [0.717, 1.165) is 32.1 Å². The van der Waals surface area contributed by atoms with Crippen LogP contribution in [0.1, 0.15) is 39.0 Å². The molecule has 4 N–H and O–H groups in total. The van der Waals surface area contributed by atoms with Crippen molar-refractivity contribution in [3.8, 4) is 0 Å². The summed E-state index contributed by atoms with van der Waals surface area (Å²) >= 11 is 0. The molecule has 0 aromatic heterocycles. The highest BCUT2D eigenvalue weighted by atomic mass is 16.3. The quantitative estimate of drug-likeness (QED) is 0.633. The minimum absolute atomic E-state index is 0.0223. The zero-order valence-electron chi connectivity index (χ0n) is 9.41. The van der Waals surface area contributed by atoms with Gasteiger partial charge in [-0.1, -0.05) is 6.92 Å². The molecule has 15 heavy (non-hydrogen) atoms. The molecular formula is C11H22N2O2. The van der Waals surface area contributed by atoms with Gasteiger partial charge in [0.15, 0.2) is 0 Å². The molecule has 1 aliphatic carbocycles. The molecule has 0 spiro atoms. The monoisotopic (exact) mass is 214 g/mol. The number of nitrogens with one attached hydrogen (secondary N) is 1. The van der Waals surface area contributed by atoms with E-state index in [1.165, 1.54) is 0 Å². The van der Waals surface area contributed by atoms with Gasteiger partial charge in [0.05, 0.1) is 12.6 Å². The fourth-order valence-electron chi connectivity index (χ4n) is 1.98. The van der Waals surface area contributed by atoms with Crippen LogP contribution < -0.4 is 11.1 Å². The van der Waals surface area contributed by atoms with Crippen LogP contribution in [0.4, 0.5) is 0 Å². The Hall–Kier alpha value is -0.610. The number of aliphatic hydroxyl groups is 1. The summed E-state index contributed by atoms with van der Waals surface area (Å²) in [6.07, 6.45) is 4.42. The van der Waals surface area contributed by atoms with E-state index in [1.807, 2.05) is 6.92 Å². The van der Waals surface area contributed by atoms with Gasteiger partial charge >= 0.3 is 0 Å². The van der Waals surface area contributed by atoms with Gasteiger partial charge in [0, 0.05) is 12.0 Å². The summed E-state index contributed by atoms with van der Waals surface area (Å²) in [7, 11) is 0. The van der Waals surface area contributed by atoms with Gasteiger partial charge in [0.2, 0.25) is 5.91 Å². The first kappa shape index (κ1) is 12.5. The summed E-state index contributed by atoms with van der Waals surface area (Å²) in [6.45, 7) is 1.98. The molecule has 1 rings (SSSR count). The third-order valence-corrected chi connectivity index (χ3v) is 3.20. The lowest BCUT2D eigenvalue weighted by Crippen LogP contribution is -2.42. The van der Waals surface area contributed by atoms with Gasteiger partial charge < -0.3 is 16.2 Å². The second-order valence-electron chi connectivity index (χ2n) is 4.41. The summed E-state index contributed by atoms with van der Waals surface area (Å²) in [5.74, 6) is 0.188. The van der Waals surface area contributed by atoms with Crippen LogP contribution >= 0.6 is 0 Å². The fraction of sp³-hybridized carbons (Fsp3) is 0.909. The minimum atomic E-state index is -0.0897. The van der Waals surface area contributed by atoms with Crippen molar-refractivity contribution in [3.63, 3.8) is 0 Å². The molecule has 0 aromatic rings. The largest absolute Gasteiger partial charge is 0.394 e. The maximum Gasteiger partial charge on any atom is 0.223 e. The summed E-state index contributed by atoms with van der Waals surface area (Å²) in [4.78, 5) is 11.8. The molecule has 1 aliphatic rings. The highest BCUT2D eigenvalue weighted by molar-refractivity contribution is 5.79. The molecule has 0 aliphatic heterocycles. The van der Waals surface area contributed by atoms with Crippen LogP contribution in [-0.2, 0) is 4.79 Å². The second kappa shape index (κ2) is 6.08. The third kappa shape index (κ3) is 3.80. The normalized spacial score (nSPS) is 28.5. The molecule has 0 heterocycles. The van der Waals surface area contributed by atoms with Crippen molar-refractivity contribution in [3.05, 3.63) is 0 Å². The van der Waals surface area contributed by atoms with Crippen LogP contribution in [0.25, 0.3) is 0 Å². The van der Waals surface area contributed by atoms with Gasteiger partial charge in [0.1, 0.15) is 0 Å². The lowest BCUT2D eigenvalue weighted by atomic mass is 9.86. The van der Waals surface area contributed by atoms with Crippen molar-refractivity contribution in [2.24, 2.45) is 11.7 Å². The number of rotatable bonds is 4. The zero-order chi connectivity index (χ0) is 11.3. The van der Waals surface area contributed by atoms with Gasteiger partial charge in [-0.2, -0.15) is 0 Å². The van der Waals surface area contributed by atoms with Gasteiger partial charge in [-0.15, -0.1) is 0 Å². The van der Waals surface area contributed by atoms with Gasteiger partial charge in [-0.3, -0.25) is 4.79 Å². The molecule has 0 saturated heterocycles. The lowest BCUT2D eigenvalue weighted by Gasteiger charge is -2.26. The van der Waals surface area contributed by atoms with E-state index in [2.05, 4.69) is 5.32 Å². The molecule has 0 radical (unpaired) electrons. The van der Waals surface area contributed by atoms with Gasteiger partial charge in [-0.05, 0) is 32.1 Å². The highest BCUT2D eigenvalue weighted by Crippen LogP contribution is 2.23. The molecule has 1 amide bonds. The molecule has 1 atom stereocenters. The summed E-state index contributed by atoms with van der Waals surface area (Å²) in [5.41, 5.74) is 5.78. The number of aliphatic hydroxyl groups excluding tert-OH is 1. The Balaban J connectivity index is 2.33. The lowest BCUT2D eigenvalue weighted by molar-refractivity contribution is -0.127. The highest BCUT2D eigenvalue weighted by Gasteiger charge is 2.25. The Morgan fingerprint density at radius 1 is 1.47 bits per heavy atom. The zero-order valence-corrected chi connectivity index (χ0v) is 9.41. The van der Waals surface area contributed by atoms with Crippen molar-refractivity contribution in [2.45, 2.75) is 51.1 Å². The first-order valence-corrected chi connectivity index (χ1v) is 5.84. The number of nitrogens with two attached hydrogens (primary N) is 1. The molecule has 4 nitrogen and oxygen atoms in total. The molecular weight excluding hydrogens is 192 g/mol. The van der Waals surface area contributed by atoms with Crippen molar-refractivity contribution in [1.82, 2.24) is 5.32 Å². The summed E-state index contributed by atoms with van der Waals surface area (Å²) < 4.78 is 0. The van der Waals surface area contributed by atoms with E-state index in [9.17, 15) is 4.79 Å². The first-order chi connectivity index (χ1) is 7.17. The number of carbonyl (C=O) groups is 1. The smallest absolute Gasteiger partial charge is 0.223 e. The van der Waals surface area contributed by atoms with E-state index in [1.54, 1.807) is 0 Å². The van der Waals surface area contributed by atoms with Crippen LogP contribution in [0.5, 0.6) is 0 Å². The van der Waals surface area contributed by atoms with Crippen LogP contribution in [-0.4, -0.2) is 29.7 Å². The van der Waals surface area contributed by atoms with E-state index in [4.69, 9.17) is 10.8 Å². The molecule has 88 valence electrons. The predicted molar refractivity (Wildman–Crippen MR) is 59.2 cm³/mol. The molecule has 1 fully saturated rings. The van der Waals surface area contributed by atoms with Crippen molar-refractivity contribution < 1.29 is 9.90 Å². The Morgan fingerprint density at radius 3 is 2.53 bits per heavy atom. The van der Waals surface area contributed by atoms with E-state index in [-0.39, 0.29) is 30.5 Å². The van der Waals surface area contributed by atoms with E-state index in [0.29, 0.717) is 0 Å². The fourth-order valence-corrected chi connectivity index (χ4v) is 1.98. The Morgan fingerprint density at radius 2 is 2.07 bits per heavy atom.